The summed E-state index contributed by atoms with van der Waals surface area (Å²) in [5.74, 6) is 1.05. The number of nitrogens with zero attached hydrogens (tertiary/aromatic N) is 4. The maximum absolute atomic E-state index is 15.9. The first-order valence-electron chi connectivity index (χ1n) is 22.2. The number of rotatable bonds is 15. The zero-order valence-electron chi connectivity index (χ0n) is 38.0. The molecule has 2 aromatic heterocycles. The molecule has 67 heavy (non-hydrogen) atoms. The molecule has 6 aromatic carbocycles. The van der Waals surface area contributed by atoms with Gasteiger partial charge in [-0.15, -0.1) is 0 Å². The molecule has 0 aliphatic carbocycles. The van der Waals surface area contributed by atoms with Crippen LogP contribution in [0.4, 0.5) is 5.82 Å². The van der Waals surface area contributed by atoms with Gasteiger partial charge in [-0.25, -0.2) is 15.0 Å². The topological polar surface area (TPSA) is 153 Å². The van der Waals surface area contributed by atoms with Crippen molar-refractivity contribution in [1.82, 2.24) is 19.5 Å². The number of benzene rings is 6. The summed E-state index contributed by atoms with van der Waals surface area (Å²) in [6.45, 7) is 6.48. The maximum Gasteiger partial charge on any atom is 0.261 e. The van der Waals surface area contributed by atoms with Crippen LogP contribution in [-0.2, 0) is 19.5 Å². The Bertz CT molecular complexity index is 2830. The number of methoxy groups -OCH3 is 2. The molecule has 1 aliphatic heterocycles. The number of aromatic nitrogens is 4. The summed E-state index contributed by atoms with van der Waals surface area (Å²) in [7, 11) is -0.284. The van der Waals surface area contributed by atoms with E-state index in [0.717, 1.165) is 15.9 Å². The number of carbonyl (C=O) groups excluding carboxylic acids is 1. The van der Waals surface area contributed by atoms with Crippen LogP contribution in [0.1, 0.15) is 54.0 Å². The van der Waals surface area contributed by atoms with Crippen LogP contribution >= 0.6 is 0 Å². The van der Waals surface area contributed by atoms with Crippen molar-refractivity contribution in [2.24, 2.45) is 0 Å². The molecule has 340 valence electrons. The Morgan fingerprint density at radius 3 is 1.69 bits per heavy atom. The van der Waals surface area contributed by atoms with Gasteiger partial charge in [0.05, 0.1) is 20.5 Å². The Morgan fingerprint density at radius 2 is 1.18 bits per heavy atom. The van der Waals surface area contributed by atoms with Crippen LogP contribution < -0.4 is 25.6 Å². The molecular formula is C54H53N5O7Si. The lowest BCUT2D eigenvalue weighted by Crippen LogP contribution is -2.69. The number of aliphatic hydroxyl groups is 1. The van der Waals surface area contributed by atoms with Crippen molar-refractivity contribution >= 4 is 41.5 Å². The van der Waals surface area contributed by atoms with E-state index >= 15 is 4.79 Å². The Kier molecular flexibility index (Phi) is 12.6. The van der Waals surface area contributed by atoms with Crippen LogP contribution in [0.2, 0.25) is 5.04 Å². The molecule has 3 heterocycles. The predicted octanol–water partition coefficient (Wildman–Crippen LogP) is 7.89. The van der Waals surface area contributed by atoms with Gasteiger partial charge in [0.15, 0.2) is 29.6 Å². The Balaban J connectivity index is 1.32. The van der Waals surface area contributed by atoms with Crippen LogP contribution in [0.3, 0.4) is 0 Å². The summed E-state index contributed by atoms with van der Waals surface area (Å²) < 4.78 is 35.8. The maximum atomic E-state index is 15.9. The fourth-order valence-corrected chi connectivity index (χ4v) is 14.2. The number of fused-ring (bicyclic) bond motifs is 1. The number of nitrogen functional groups attached to an aromatic ring is 1. The summed E-state index contributed by atoms with van der Waals surface area (Å²) in [5.41, 5.74) is 7.98. The van der Waals surface area contributed by atoms with Crippen molar-refractivity contribution < 1.29 is 33.3 Å². The average molecular weight is 912 g/mol. The number of hydrogen-bond donors (Lipinski definition) is 2. The Hall–Kier alpha value is -7.00. The first kappa shape index (κ1) is 45.2. The largest absolute Gasteiger partial charge is 0.497 e. The van der Waals surface area contributed by atoms with E-state index in [9.17, 15) is 5.11 Å². The van der Waals surface area contributed by atoms with Gasteiger partial charge in [0, 0.05) is 5.56 Å². The van der Waals surface area contributed by atoms with Crippen molar-refractivity contribution in [2.75, 3.05) is 20.0 Å². The van der Waals surface area contributed by atoms with Gasteiger partial charge in [-0.3, -0.25) is 9.36 Å². The molecule has 1 aliphatic rings. The number of ketones is 1. The van der Waals surface area contributed by atoms with E-state index in [-0.39, 0.29) is 11.6 Å². The van der Waals surface area contributed by atoms with Crippen LogP contribution in [0.5, 0.6) is 11.5 Å². The highest BCUT2D eigenvalue weighted by Crippen LogP contribution is 2.48. The van der Waals surface area contributed by atoms with E-state index in [2.05, 4.69) is 60.0 Å². The number of nitrogens with two attached hydrogens (primary N) is 1. The number of carbonyl (C=O) groups is 1. The van der Waals surface area contributed by atoms with Crippen LogP contribution in [0, 0.1) is 0 Å². The van der Waals surface area contributed by atoms with Crippen molar-refractivity contribution in [2.45, 2.75) is 62.1 Å². The van der Waals surface area contributed by atoms with Crippen molar-refractivity contribution in [1.29, 1.82) is 0 Å². The summed E-state index contributed by atoms with van der Waals surface area (Å²) >= 11 is 0. The molecule has 1 fully saturated rings. The molecule has 5 atom stereocenters. The van der Waals surface area contributed by atoms with Crippen LogP contribution in [0.15, 0.2) is 183 Å². The highest BCUT2D eigenvalue weighted by molar-refractivity contribution is 6.99. The minimum Gasteiger partial charge on any atom is -0.497 e. The van der Waals surface area contributed by atoms with E-state index in [1.807, 2.05) is 133 Å². The second-order valence-corrected chi connectivity index (χ2v) is 21.8. The number of hydrogen-bond acceptors (Lipinski definition) is 11. The van der Waals surface area contributed by atoms with Crippen molar-refractivity contribution in [3.63, 3.8) is 0 Å². The Labute approximate surface area is 391 Å². The van der Waals surface area contributed by atoms with E-state index in [1.165, 1.54) is 12.7 Å². The minimum atomic E-state index is -3.51. The van der Waals surface area contributed by atoms with E-state index < -0.39 is 49.6 Å². The number of Topliss-reactive ketones (excluding diaryl/α,β-unsaturated/α-hetero) is 1. The predicted molar refractivity (Wildman–Crippen MR) is 260 cm³/mol. The molecule has 8 aromatic rings. The van der Waals surface area contributed by atoms with E-state index in [4.69, 9.17) is 29.1 Å². The van der Waals surface area contributed by atoms with Gasteiger partial charge in [0.1, 0.15) is 47.3 Å². The summed E-state index contributed by atoms with van der Waals surface area (Å²) in [6.07, 6.45) is -3.67. The van der Waals surface area contributed by atoms with Crippen molar-refractivity contribution in [3.8, 4) is 11.5 Å². The highest BCUT2D eigenvalue weighted by Gasteiger charge is 2.60. The number of aliphatic hydroxyl groups excluding tert-OH is 1. The second kappa shape index (κ2) is 18.7. The number of imidazole rings is 1. The molecule has 0 amide bonds. The summed E-state index contributed by atoms with van der Waals surface area (Å²) in [4.78, 5) is 29.1. The second-order valence-electron chi connectivity index (χ2n) is 17.6. The normalized spacial score (nSPS) is 18.1. The molecule has 0 saturated carbocycles. The van der Waals surface area contributed by atoms with Crippen LogP contribution in [0.25, 0.3) is 11.2 Å². The lowest BCUT2D eigenvalue weighted by atomic mass is 9.79. The van der Waals surface area contributed by atoms with Gasteiger partial charge in [-0.2, -0.15) is 0 Å². The molecule has 1 unspecified atom stereocenters. The molecular weight excluding hydrogens is 859 g/mol. The number of anilines is 1. The molecule has 0 bridgehead atoms. The zero-order chi connectivity index (χ0) is 46.8. The van der Waals surface area contributed by atoms with Gasteiger partial charge in [0.25, 0.3) is 8.32 Å². The van der Waals surface area contributed by atoms with Gasteiger partial charge >= 0.3 is 0 Å². The van der Waals surface area contributed by atoms with Gasteiger partial charge in [-0.05, 0) is 56.4 Å². The lowest BCUT2D eigenvalue weighted by Gasteiger charge is -2.46. The van der Waals surface area contributed by atoms with E-state index in [1.54, 1.807) is 30.9 Å². The summed E-state index contributed by atoms with van der Waals surface area (Å²) in [5, 5.41) is 14.6. The molecule has 1 saturated heterocycles. The van der Waals surface area contributed by atoms with Crippen LogP contribution in [-0.4, -0.2) is 77.4 Å². The monoisotopic (exact) mass is 911 g/mol. The zero-order valence-corrected chi connectivity index (χ0v) is 39.0. The third-order valence-electron chi connectivity index (χ3n) is 12.7. The lowest BCUT2D eigenvalue weighted by molar-refractivity contribution is -0.125. The average Bonchev–Trinajstić information content (AvgIpc) is 3.95. The summed E-state index contributed by atoms with van der Waals surface area (Å²) in [6, 6.07) is 54.3. The molecule has 0 radical (unpaired) electrons. The fraction of sp³-hybridized carbons (Fsp3) is 0.222. The molecule has 9 rings (SSSR count). The highest BCUT2D eigenvalue weighted by atomic mass is 28.4. The molecule has 12 nitrogen and oxygen atoms in total. The molecule has 13 heteroatoms. The smallest absolute Gasteiger partial charge is 0.261 e. The van der Waals surface area contributed by atoms with Gasteiger partial charge in [-0.1, -0.05) is 166 Å². The minimum absolute atomic E-state index is 0.167. The third kappa shape index (κ3) is 8.19. The number of ether oxygens (including phenoxy) is 4. The third-order valence-corrected chi connectivity index (χ3v) is 17.8. The fourth-order valence-electron chi connectivity index (χ4n) is 9.49. The van der Waals surface area contributed by atoms with Crippen molar-refractivity contribution in [3.05, 3.63) is 205 Å². The van der Waals surface area contributed by atoms with E-state index in [0.29, 0.717) is 39.4 Å². The standard InChI is InChI=1S/C54H53N5O7Si/c1-53(2,3)67(42-22-14-8-15-23-42,43-24-16-9-17-25-43)66-48-46(61)52(59-35-58-44-50(55)56-34-57-51(44)59)64-49(48)47(45(60)36-18-10-6-11-19-36)65-54(37-20-12-7-13-21-37,38-26-30-40(62-4)31-27-38)39-28-32-41(63-5)33-29-39/h6-35,46-49,52,61H,1-5H3,(H2,55,56,57)/t46-,47?,48+,49-,52-/m1/s1. The molecule has 3 N–H and O–H groups in total. The SMILES string of the molecule is COc1ccc(C(OC(C(=O)c2ccccc2)[C@H]2O[C@@H](n3cnc4c(N)ncnc43)[C@H](O)[C@@H]2O[Si](c2ccccc2)(c2ccccc2)C(C)(C)C)(c2ccccc2)c2ccc(OC)cc2)cc1. The first-order chi connectivity index (χ1) is 32.5. The quantitative estimate of drug-likeness (QED) is 0.0587. The van der Waals surface area contributed by atoms with Gasteiger partial charge in [0.2, 0.25) is 0 Å². The first-order valence-corrected chi connectivity index (χ1v) is 24.1. The Morgan fingerprint density at radius 1 is 0.687 bits per heavy atom. The van der Waals surface area contributed by atoms with Gasteiger partial charge < -0.3 is 34.2 Å². The molecule has 0 spiro atoms.